The topological polar surface area (TPSA) is 92.7 Å². The van der Waals surface area contributed by atoms with E-state index in [1.54, 1.807) is 0 Å². The highest BCUT2D eigenvalue weighted by molar-refractivity contribution is 7.89. The lowest BCUT2D eigenvalue weighted by molar-refractivity contribution is -0.140. The van der Waals surface area contributed by atoms with Crippen LogP contribution in [0.1, 0.15) is 19.3 Å². The van der Waals surface area contributed by atoms with Crippen LogP contribution < -0.4 is 4.72 Å². The highest BCUT2D eigenvalue weighted by atomic mass is 32.2. The van der Waals surface area contributed by atoms with Crippen LogP contribution in [-0.2, 0) is 19.6 Å². The fourth-order valence-corrected chi connectivity index (χ4v) is 1.89. The van der Waals surface area contributed by atoms with Crippen LogP contribution in [-0.4, -0.2) is 45.5 Å². The van der Waals surface area contributed by atoms with E-state index < -0.39 is 16.0 Å². The zero-order chi connectivity index (χ0) is 11.7. The largest absolute Gasteiger partial charge is 0.469 e. The number of hydrogen-bond donors (Lipinski definition) is 2. The number of unbranched alkanes of at least 4 members (excludes halogenated alkanes) is 1. The predicted octanol–water partition coefficient (Wildman–Crippen LogP) is -0.759. The number of ether oxygens (including phenoxy) is 1. The van der Waals surface area contributed by atoms with Crippen LogP contribution >= 0.6 is 0 Å². The van der Waals surface area contributed by atoms with Crippen molar-refractivity contribution in [2.24, 2.45) is 0 Å². The molecule has 0 rings (SSSR count). The first kappa shape index (κ1) is 14.3. The van der Waals surface area contributed by atoms with Gasteiger partial charge in [-0.3, -0.25) is 4.79 Å². The summed E-state index contributed by atoms with van der Waals surface area (Å²) in [5.74, 6) is -0.811. The first-order chi connectivity index (χ1) is 7.02. The monoisotopic (exact) mass is 239 g/mol. The highest BCUT2D eigenvalue weighted by Gasteiger charge is 2.12. The molecular formula is C8H17NO5S. The number of aliphatic hydroxyl groups is 1. The molecule has 0 aliphatic rings. The number of hydrogen-bond acceptors (Lipinski definition) is 5. The maximum absolute atomic E-state index is 11.2. The summed E-state index contributed by atoms with van der Waals surface area (Å²) in [6, 6.07) is 0. The van der Waals surface area contributed by atoms with E-state index in [0.717, 1.165) is 0 Å². The number of sulfonamides is 1. The summed E-state index contributed by atoms with van der Waals surface area (Å²) in [5, 5.41) is 8.47. The van der Waals surface area contributed by atoms with Crippen LogP contribution in [0.5, 0.6) is 0 Å². The van der Waals surface area contributed by atoms with Gasteiger partial charge >= 0.3 is 5.97 Å². The molecule has 0 spiro atoms. The van der Waals surface area contributed by atoms with Gasteiger partial charge in [0.1, 0.15) is 0 Å². The van der Waals surface area contributed by atoms with Crippen molar-refractivity contribution >= 4 is 16.0 Å². The zero-order valence-electron chi connectivity index (χ0n) is 8.73. The van der Waals surface area contributed by atoms with Crippen molar-refractivity contribution in [2.75, 3.05) is 26.0 Å². The smallest absolute Gasteiger partial charge is 0.306 e. The summed E-state index contributed by atoms with van der Waals surface area (Å²) in [5.41, 5.74) is 0. The Morgan fingerprint density at radius 3 is 2.60 bits per heavy atom. The Morgan fingerprint density at radius 1 is 1.40 bits per heavy atom. The molecule has 0 atom stereocenters. The minimum absolute atomic E-state index is 0.0455. The van der Waals surface area contributed by atoms with Gasteiger partial charge in [-0.25, -0.2) is 13.1 Å². The number of carbonyl (C=O) groups is 1. The molecule has 0 amide bonds. The summed E-state index contributed by atoms with van der Waals surface area (Å²) in [6.07, 6.45) is 0.985. The van der Waals surface area contributed by atoms with Crippen LogP contribution in [0.3, 0.4) is 0 Å². The third-order valence-electron chi connectivity index (χ3n) is 1.71. The molecule has 0 saturated heterocycles. The SMILES string of the molecule is COC(=O)CCS(=O)(=O)NCCCCO. The van der Waals surface area contributed by atoms with Crippen molar-refractivity contribution in [3.05, 3.63) is 0 Å². The Hall–Kier alpha value is -0.660. The van der Waals surface area contributed by atoms with Gasteiger partial charge in [-0.1, -0.05) is 0 Å². The Kier molecular flexibility index (Phi) is 7.27. The van der Waals surface area contributed by atoms with Gasteiger partial charge < -0.3 is 9.84 Å². The fraction of sp³-hybridized carbons (Fsp3) is 0.875. The molecule has 0 heterocycles. The summed E-state index contributed by atoms with van der Waals surface area (Å²) >= 11 is 0. The van der Waals surface area contributed by atoms with Gasteiger partial charge in [-0.2, -0.15) is 0 Å². The molecule has 0 aliphatic carbocycles. The molecule has 15 heavy (non-hydrogen) atoms. The maximum Gasteiger partial charge on any atom is 0.306 e. The minimum Gasteiger partial charge on any atom is -0.469 e. The average Bonchev–Trinajstić information content (AvgIpc) is 2.21. The van der Waals surface area contributed by atoms with Gasteiger partial charge in [0.25, 0.3) is 0 Å². The van der Waals surface area contributed by atoms with Crippen LogP contribution in [0.15, 0.2) is 0 Å². The number of aliphatic hydroxyl groups excluding tert-OH is 1. The van der Waals surface area contributed by atoms with Crippen molar-refractivity contribution in [3.63, 3.8) is 0 Å². The van der Waals surface area contributed by atoms with E-state index in [1.165, 1.54) is 7.11 Å². The van der Waals surface area contributed by atoms with Gasteiger partial charge in [0.15, 0.2) is 0 Å². The third-order valence-corrected chi connectivity index (χ3v) is 3.09. The number of carbonyl (C=O) groups excluding carboxylic acids is 1. The number of rotatable bonds is 8. The zero-order valence-corrected chi connectivity index (χ0v) is 9.55. The molecule has 2 N–H and O–H groups in total. The first-order valence-electron chi connectivity index (χ1n) is 4.67. The molecule has 0 aliphatic heterocycles. The third kappa shape index (κ3) is 8.34. The lowest BCUT2D eigenvalue weighted by Gasteiger charge is -2.05. The normalized spacial score (nSPS) is 11.3. The average molecular weight is 239 g/mol. The molecule has 0 aromatic rings. The second-order valence-corrected chi connectivity index (χ2v) is 4.90. The summed E-state index contributed by atoms with van der Waals surface area (Å²) in [7, 11) is -2.19. The molecule has 0 radical (unpaired) electrons. The van der Waals surface area contributed by atoms with Gasteiger partial charge in [0.05, 0.1) is 19.3 Å². The Bertz CT molecular complexity index is 275. The van der Waals surface area contributed by atoms with E-state index in [-0.39, 0.29) is 25.3 Å². The van der Waals surface area contributed by atoms with Crippen molar-refractivity contribution in [3.8, 4) is 0 Å². The molecule has 0 saturated carbocycles. The standard InChI is InChI=1S/C8H17NO5S/c1-14-8(11)4-7-15(12,13)9-5-2-3-6-10/h9-10H,2-7H2,1H3. The van der Waals surface area contributed by atoms with E-state index in [9.17, 15) is 13.2 Å². The number of esters is 1. The van der Waals surface area contributed by atoms with E-state index in [4.69, 9.17) is 5.11 Å². The molecule has 0 aromatic heterocycles. The van der Waals surface area contributed by atoms with E-state index in [1.807, 2.05) is 0 Å². The quantitative estimate of drug-likeness (QED) is 0.429. The van der Waals surface area contributed by atoms with Gasteiger partial charge in [-0.05, 0) is 12.8 Å². The lowest BCUT2D eigenvalue weighted by atomic mass is 10.3. The van der Waals surface area contributed by atoms with E-state index in [2.05, 4.69) is 9.46 Å². The molecular weight excluding hydrogens is 222 g/mol. The summed E-state index contributed by atoms with van der Waals surface area (Å²) < 4.78 is 29.1. The van der Waals surface area contributed by atoms with Crippen molar-refractivity contribution in [1.29, 1.82) is 0 Å². The Balaban J connectivity index is 3.73. The van der Waals surface area contributed by atoms with Crippen LogP contribution in [0.25, 0.3) is 0 Å². The number of methoxy groups -OCH3 is 1. The summed E-state index contributed by atoms with van der Waals surface area (Å²) in [6.45, 7) is 0.327. The van der Waals surface area contributed by atoms with Gasteiger partial charge in [-0.15, -0.1) is 0 Å². The van der Waals surface area contributed by atoms with Gasteiger partial charge in [0.2, 0.25) is 10.0 Å². The Morgan fingerprint density at radius 2 is 2.07 bits per heavy atom. The van der Waals surface area contributed by atoms with Crippen molar-refractivity contribution < 1.29 is 23.1 Å². The predicted molar refractivity (Wildman–Crippen MR) is 54.7 cm³/mol. The van der Waals surface area contributed by atoms with Gasteiger partial charge in [0, 0.05) is 13.2 Å². The molecule has 7 heteroatoms. The van der Waals surface area contributed by atoms with Crippen molar-refractivity contribution in [2.45, 2.75) is 19.3 Å². The molecule has 0 fully saturated rings. The van der Waals surface area contributed by atoms with E-state index in [0.29, 0.717) is 12.8 Å². The molecule has 6 nitrogen and oxygen atoms in total. The lowest BCUT2D eigenvalue weighted by Crippen LogP contribution is -2.28. The Labute approximate surface area is 89.7 Å². The maximum atomic E-state index is 11.2. The highest BCUT2D eigenvalue weighted by Crippen LogP contribution is 1.93. The molecule has 0 aromatic carbocycles. The first-order valence-corrected chi connectivity index (χ1v) is 6.32. The number of nitrogens with one attached hydrogen (secondary N) is 1. The second kappa shape index (κ2) is 7.61. The molecule has 90 valence electrons. The van der Waals surface area contributed by atoms with Crippen LogP contribution in [0, 0.1) is 0 Å². The molecule has 0 unspecified atom stereocenters. The minimum atomic E-state index is -3.40. The second-order valence-electron chi connectivity index (χ2n) is 2.97. The molecule has 0 bridgehead atoms. The van der Waals surface area contributed by atoms with Crippen LogP contribution in [0.2, 0.25) is 0 Å². The van der Waals surface area contributed by atoms with E-state index >= 15 is 0 Å². The van der Waals surface area contributed by atoms with Crippen LogP contribution in [0.4, 0.5) is 0 Å². The summed E-state index contributed by atoms with van der Waals surface area (Å²) in [4.78, 5) is 10.7. The fourth-order valence-electron chi connectivity index (χ4n) is 0.856. The van der Waals surface area contributed by atoms with Crippen molar-refractivity contribution in [1.82, 2.24) is 4.72 Å².